The highest BCUT2D eigenvalue weighted by atomic mass is 127. The van der Waals surface area contributed by atoms with Gasteiger partial charge in [0.25, 0.3) is 0 Å². The van der Waals surface area contributed by atoms with Crippen LogP contribution in [0.1, 0.15) is 34.6 Å². The molecule has 0 saturated carbocycles. The minimum absolute atomic E-state index is 0. The first-order valence-electron chi connectivity index (χ1n) is 8.45. The van der Waals surface area contributed by atoms with Gasteiger partial charge in [0.15, 0.2) is 5.96 Å². The molecule has 0 bridgehead atoms. The molecule has 148 valence electrons. The van der Waals surface area contributed by atoms with Crippen molar-refractivity contribution in [1.82, 2.24) is 16.0 Å². The summed E-state index contributed by atoms with van der Waals surface area (Å²) >= 11 is 5.86. The predicted octanol–water partition coefficient (Wildman–Crippen LogP) is 3.20. The van der Waals surface area contributed by atoms with Crippen LogP contribution in [0.15, 0.2) is 29.3 Å². The zero-order valence-electron chi connectivity index (χ0n) is 16.1. The van der Waals surface area contributed by atoms with Gasteiger partial charge in [-0.15, -0.1) is 24.0 Å². The Hall–Kier alpha value is -1.22. The van der Waals surface area contributed by atoms with E-state index in [4.69, 9.17) is 16.3 Å². The van der Waals surface area contributed by atoms with Crippen LogP contribution < -0.4 is 20.7 Å². The highest BCUT2D eigenvalue weighted by molar-refractivity contribution is 14.0. The molecule has 3 N–H and O–H groups in total. The summed E-state index contributed by atoms with van der Waals surface area (Å²) in [6.07, 6.45) is -0.0755. The summed E-state index contributed by atoms with van der Waals surface area (Å²) in [7, 11) is 0. The second-order valence-electron chi connectivity index (χ2n) is 6.76. The summed E-state index contributed by atoms with van der Waals surface area (Å²) in [5.74, 6) is 1.22. The number of ether oxygens (including phenoxy) is 1. The lowest BCUT2D eigenvalue weighted by molar-refractivity contribution is -0.121. The molecule has 0 aromatic heterocycles. The van der Waals surface area contributed by atoms with Gasteiger partial charge in [-0.3, -0.25) is 4.79 Å². The zero-order chi connectivity index (χ0) is 18.9. The zero-order valence-corrected chi connectivity index (χ0v) is 19.1. The molecule has 0 spiro atoms. The maximum Gasteiger partial charge on any atom is 0.242 e. The number of hydrogen-bond acceptors (Lipinski definition) is 3. The van der Waals surface area contributed by atoms with Gasteiger partial charge in [0.2, 0.25) is 5.91 Å². The fraction of sp³-hybridized carbons (Fsp3) is 0.556. The van der Waals surface area contributed by atoms with Gasteiger partial charge in [0, 0.05) is 17.1 Å². The molecule has 0 fully saturated rings. The first-order chi connectivity index (χ1) is 11.7. The van der Waals surface area contributed by atoms with Gasteiger partial charge >= 0.3 is 0 Å². The van der Waals surface area contributed by atoms with E-state index in [1.54, 1.807) is 12.1 Å². The minimum Gasteiger partial charge on any atom is -0.489 e. The van der Waals surface area contributed by atoms with E-state index < -0.39 is 0 Å². The Morgan fingerprint density at radius 3 is 2.38 bits per heavy atom. The lowest BCUT2D eigenvalue weighted by Crippen LogP contribution is -2.44. The van der Waals surface area contributed by atoms with E-state index in [9.17, 15) is 4.79 Å². The number of nitrogens with one attached hydrogen (secondary N) is 3. The van der Waals surface area contributed by atoms with Gasteiger partial charge in [0.1, 0.15) is 18.4 Å². The molecule has 6 nitrogen and oxygen atoms in total. The molecular formula is C18H30ClIN4O2. The van der Waals surface area contributed by atoms with E-state index in [1.807, 2.05) is 46.8 Å². The third-order valence-electron chi connectivity index (χ3n) is 2.95. The first-order valence-corrected chi connectivity index (χ1v) is 8.83. The van der Waals surface area contributed by atoms with Crippen LogP contribution in [-0.2, 0) is 4.79 Å². The van der Waals surface area contributed by atoms with E-state index >= 15 is 0 Å². The van der Waals surface area contributed by atoms with Crippen molar-refractivity contribution in [1.29, 1.82) is 0 Å². The predicted molar refractivity (Wildman–Crippen MR) is 119 cm³/mol. The summed E-state index contributed by atoms with van der Waals surface area (Å²) in [5, 5.41) is 9.85. The van der Waals surface area contributed by atoms with E-state index in [-0.39, 0.29) is 48.1 Å². The van der Waals surface area contributed by atoms with Crippen molar-refractivity contribution in [2.24, 2.45) is 4.99 Å². The molecule has 1 aromatic carbocycles. The number of carbonyl (C=O) groups excluding carboxylic acids is 1. The summed E-state index contributed by atoms with van der Waals surface area (Å²) in [5.41, 5.74) is -0.265. The summed E-state index contributed by atoms with van der Waals surface area (Å²) in [6.45, 7) is 11.1. The maximum atomic E-state index is 11.9. The van der Waals surface area contributed by atoms with Gasteiger partial charge in [0.05, 0.1) is 6.54 Å². The third-order valence-corrected chi connectivity index (χ3v) is 3.20. The standard InChI is InChI=1S/C18H29ClN4O2.HI/c1-6-20-17(22-12-16(24)23-18(3,4)5)21-11-13(2)25-15-9-7-14(19)8-10-15;/h7-10,13H,6,11-12H2,1-5H3,(H,23,24)(H2,20,21,22);1H. The SMILES string of the molecule is CCNC(=NCC(=O)NC(C)(C)C)NCC(C)Oc1ccc(Cl)cc1.I. The molecule has 0 aliphatic carbocycles. The molecule has 26 heavy (non-hydrogen) atoms. The van der Waals surface area contributed by atoms with Crippen LogP contribution >= 0.6 is 35.6 Å². The highest BCUT2D eigenvalue weighted by Crippen LogP contribution is 2.16. The highest BCUT2D eigenvalue weighted by Gasteiger charge is 2.13. The number of rotatable bonds is 7. The molecule has 1 aromatic rings. The Kier molecular flexibility index (Phi) is 11.6. The molecule has 0 saturated heterocycles. The maximum absolute atomic E-state index is 11.9. The molecule has 1 amide bonds. The molecule has 0 heterocycles. The van der Waals surface area contributed by atoms with Crippen LogP contribution in [0.2, 0.25) is 5.02 Å². The molecule has 1 rings (SSSR count). The molecular weight excluding hydrogens is 467 g/mol. The minimum atomic E-state index is -0.265. The van der Waals surface area contributed by atoms with Crippen LogP contribution in [-0.4, -0.2) is 43.1 Å². The van der Waals surface area contributed by atoms with Crippen LogP contribution in [0.4, 0.5) is 0 Å². The molecule has 0 radical (unpaired) electrons. The van der Waals surface area contributed by atoms with Gasteiger partial charge in [-0.25, -0.2) is 4.99 Å². The second-order valence-corrected chi connectivity index (χ2v) is 7.19. The van der Waals surface area contributed by atoms with Crippen molar-refractivity contribution in [3.63, 3.8) is 0 Å². The van der Waals surface area contributed by atoms with E-state index in [1.165, 1.54) is 0 Å². The largest absolute Gasteiger partial charge is 0.489 e. The fourth-order valence-electron chi connectivity index (χ4n) is 1.98. The number of halogens is 2. The third kappa shape index (κ3) is 11.4. The van der Waals surface area contributed by atoms with Crippen molar-refractivity contribution in [2.75, 3.05) is 19.6 Å². The average Bonchev–Trinajstić information content (AvgIpc) is 2.50. The number of amides is 1. The number of guanidine groups is 1. The Morgan fingerprint density at radius 1 is 1.23 bits per heavy atom. The van der Waals surface area contributed by atoms with Crippen molar-refractivity contribution < 1.29 is 9.53 Å². The van der Waals surface area contributed by atoms with Crippen LogP contribution in [0.25, 0.3) is 0 Å². The number of aliphatic imine (C=N–C) groups is 1. The summed E-state index contributed by atoms with van der Waals surface area (Å²) < 4.78 is 5.81. The Labute approximate surface area is 178 Å². The topological polar surface area (TPSA) is 74.8 Å². The molecule has 0 aliphatic rings. The first kappa shape index (κ1) is 24.8. The number of hydrogen-bond donors (Lipinski definition) is 3. The van der Waals surface area contributed by atoms with Crippen LogP contribution in [0, 0.1) is 0 Å². The normalized spacial score (nSPS) is 12.6. The number of benzene rings is 1. The van der Waals surface area contributed by atoms with E-state index in [2.05, 4.69) is 20.9 Å². The lowest BCUT2D eigenvalue weighted by Gasteiger charge is -2.20. The van der Waals surface area contributed by atoms with E-state index in [0.29, 0.717) is 24.1 Å². The van der Waals surface area contributed by atoms with Crippen LogP contribution in [0.3, 0.4) is 0 Å². The average molecular weight is 497 g/mol. The smallest absolute Gasteiger partial charge is 0.242 e. The number of nitrogens with zero attached hydrogens (tertiary/aromatic N) is 1. The fourth-order valence-corrected chi connectivity index (χ4v) is 2.10. The van der Waals surface area contributed by atoms with Crippen molar-refractivity contribution in [2.45, 2.75) is 46.3 Å². The molecule has 1 atom stereocenters. The van der Waals surface area contributed by atoms with Gasteiger partial charge < -0.3 is 20.7 Å². The molecule has 0 aliphatic heterocycles. The van der Waals surface area contributed by atoms with Gasteiger partial charge in [-0.05, 0) is 58.9 Å². The van der Waals surface area contributed by atoms with Crippen molar-refractivity contribution in [3.05, 3.63) is 29.3 Å². The monoisotopic (exact) mass is 496 g/mol. The Bertz CT molecular complexity index is 574. The molecule has 1 unspecified atom stereocenters. The summed E-state index contributed by atoms with van der Waals surface area (Å²) in [6, 6.07) is 7.23. The molecule has 8 heteroatoms. The van der Waals surface area contributed by atoms with Gasteiger partial charge in [-0.2, -0.15) is 0 Å². The number of carbonyl (C=O) groups is 1. The van der Waals surface area contributed by atoms with Crippen LogP contribution in [0.5, 0.6) is 5.75 Å². The lowest BCUT2D eigenvalue weighted by atomic mass is 10.1. The van der Waals surface area contributed by atoms with Gasteiger partial charge in [-0.1, -0.05) is 11.6 Å². The summed E-state index contributed by atoms with van der Waals surface area (Å²) in [4.78, 5) is 16.2. The second kappa shape index (κ2) is 12.2. The Balaban J connectivity index is 0.00000625. The Morgan fingerprint density at radius 2 is 1.85 bits per heavy atom. The van der Waals surface area contributed by atoms with E-state index in [0.717, 1.165) is 5.75 Å². The van der Waals surface area contributed by atoms with Crippen molar-refractivity contribution >= 4 is 47.4 Å². The van der Waals surface area contributed by atoms with Crippen molar-refractivity contribution in [3.8, 4) is 5.75 Å². The quantitative estimate of drug-likeness (QED) is 0.308.